The fourth-order valence-corrected chi connectivity index (χ4v) is 9.63. The van der Waals surface area contributed by atoms with E-state index in [-0.39, 0.29) is 18.1 Å². The minimum Gasteiger partial charge on any atom is -0.411 e. The van der Waals surface area contributed by atoms with E-state index in [1.54, 1.807) is 0 Å². The normalized spacial score (nSPS) is 21.6. The summed E-state index contributed by atoms with van der Waals surface area (Å²) in [6.07, 6.45) is 0.785. The van der Waals surface area contributed by atoms with E-state index >= 15 is 0 Å². The average Bonchev–Trinajstić information content (AvgIpc) is 2.25. The molecule has 1 aliphatic rings. The first kappa shape index (κ1) is 17.7. The second-order valence-corrected chi connectivity index (χ2v) is 12.9. The average molecular weight is 300 g/mol. The molecule has 3 nitrogen and oxygen atoms in total. The minimum absolute atomic E-state index is 0.159. The zero-order chi connectivity index (χ0) is 15.7. The predicted octanol–water partition coefficient (Wildman–Crippen LogP) is 4.09. The molecule has 1 N–H and O–H groups in total. The van der Waals surface area contributed by atoms with Crippen LogP contribution in [0.25, 0.3) is 0 Å². The molecule has 0 bridgehead atoms. The van der Waals surface area contributed by atoms with Gasteiger partial charge in [-0.05, 0) is 22.5 Å². The van der Waals surface area contributed by atoms with E-state index in [9.17, 15) is 4.79 Å². The lowest BCUT2D eigenvalue weighted by Gasteiger charge is -2.48. The third-order valence-electron chi connectivity index (χ3n) is 4.85. The van der Waals surface area contributed by atoms with Crippen molar-refractivity contribution in [3.63, 3.8) is 0 Å². The first-order valence-electron chi connectivity index (χ1n) is 8.10. The molecule has 0 unspecified atom stereocenters. The summed E-state index contributed by atoms with van der Waals surface area (Å²) in [5.41, 5.74) is 1.75. The number of carbonyl (C=O) groups is 1. The highest BCUT2D eigenvalue weighted by Gasteiger charge is 2.49. The molecule has 1 heterocycles. The Bertz CT molecular complexity index is 310. The molecule has 0 aromatic heterocycles. The van der Waals surface area contributed by atoms with Crippen LogP contribution in [0.5, 0.6) is 0 Å². The Hall–Kier alpha value is -0.353. The minimum atomic E-state index is -1.87. The summed E-state index contributed by atoms with van der Waals surface area (Å²) in [6, 6.07) is 0.214. The van der Waals surface area contributed by atoms with Crippen LogP contribution in [0, 0.1) is 5.92 Å². The second-order valence-electron chi connectivity index (χ2n) is 7.52. The van der Waals surface area contributed by atoms with Crippen molar-refractivity contribution >= 4 is 14.2 Å². The van der Waals surface area contributed by atoms with Crippen LogP contribution in [0.2, 0.25) is 16.6 Å². The molecule has 0 aromatic carbocycles. The van der Waals surface area contributed by atoms with E-state index in [4.69, 9.17) is 4.43 Å². The number of amides is 1. The smallest absolute Gasteiger partial charge is 0.222 e. The largest absolute Gasteiger partial charge is 0.411 e. The van der Waals surface area contributed by atoms with E-state index < -0.39 is 8.32 Å². The molecule has 0 radical (unpaired) electrons. The van der Waals surface area contributed by atoms with Gasteiger partial charge in [0, 0.05) is 6.42 Å². The third-order valence-corrected chi connectivity index (χ3v) is 10.9. The summed E-state index contributed by atoms with van der Waals surface area (Å²) in [5.74, 6) is 0.596. The lowest BCUT2D eigenvalue weighted by atomic mass is 9.92. The predicted molar refractivity (Wildman–Crippen MR) is 87.3 cm³/mol. The third kappa shape index (κ3) is 3.27. The van der Waals surface area contributed by atoms with Crippen LogP contribution in [0.1, 0.15) is 61.8 Å². The van der Waals surface area contributed by atoms with Crippen molar-refractivity contribution in [2.45, 2.75) is 90.6 Å². The quantitative estimate of drug-likeness (QED) is 0.568. The van der Waals surface area contributed by atoms with E-state index in [0.717, 1.165) is 0 Å². The van der Waals surface area contributed by atoms with Gasteiger partial charge in [-0.15, -0.1) is 0 Å². The van der Waals surface area contributed by atoms with Crippen molar-refractivity contribution in [1.29, 1.82) is 0 Å². The Morgan fingerprint density at radius 1 is 1.00 bits per heavy atom. The van der Waals surface area contributed by atoms with Gasteiger partial charge in [-0.1, -0.05) is 55.4 Å². The van der Waals surface area contributed by atoms with Gasteiger partial charge >= 0.3 is 0 Å². The lowest BCUT2D eigenvalue weighted by Crippen LogP contribution is -2.61. The number of hydrogen-bond acceptors (Lipinski definition) is 2. The van der Waals surface area contributed by atoms with Gasteiger partial charge in [0.25, 0.3) is 0 Å². The maximum Gasteiger partial charge on any atom is 0.222 e. The van der Waals surface area contributed by atoms with Gasteiger partial charge in [0.05, 0.1) is 12.1 Å². The van der Waals surface area contributed by atoms with Crippen molar-refractivity contribution in [2.24, 2.45) is 5.92 Å². The fourth-order valence-electron chi connectivity index (χ4n) is 3.91. The summed E-state index contributed by atoms with van der Waals surface area (Å²) >= 11 is 0. The number of β-lactam (4-membered cyclic amide) rings is 1. The van der Waals surface area contributed by atoms with Crippen molar-refractivity contribution in [3.05, 3.63) is 0 Å². The number of hydrogen-bond donors (Lipinski definition) is 1. The van der Waals surface area contributed by atoms with Gasteiger partial charge < -0.3 is 9.74 Å². The van der Waals surface area contributed by atoms with Gasteiger partial charge in [-0.2, -0.15) is 0 Å². The van der Waals surface area contributed by atoms with Crippen LogP contribution in [0.3, 0.4) is 0 Å². The molecule has 118 valence electrons. The first-order valence-corrected chi connectivity index (χ1v) is 10.2. The molecule has 1 aliphatic heterocycles. The van der Waals surface area contributed by atoms with Gasteiger partial charge in [0.2, 0.25) is 14.2 Å². The van der Waals surface area contributed by atoms with Crippen LogP contribution < -0.4 is 5.32 Å². The van der Waals surface area contributed by atoms with Crippen molar-refractivity contribution in [1.82, 2.24) is 5.32 Å². The Balaban J connectivity index is 2.99. The van der Waals surface area contributed by atoms with Crippen LogP contribution in [0.4, 0.5) is 0 Å². The molecule has 1 saturated heterocycles. The Kier molecular flexibility index (Phi) is 5.85. The molecule has 0 saturated carbocycles. The molecule has 0 aromatic rings. The molecule has 0 aliphatic carbocycles. The second kappa shape index (κ2) is 6.61. The topological polar surface area (TPSA) is 38.3 Å². The SMILES string of the molecule is CC(C)[C@H](O[Si](C(C)C)(C(C)C)C(C)C)[C@@H]1CC(=O)N1. The van der Waals surface area contributed by atoms with Gasteiger partial charge in [0.1, 0.15) is 0 Å². The van der Waals surface area contributed by atoms with E-state index in [0.29, 0.717) is 29.0 Å². The summed E-state index contributed by atoms with van der Waals surface area (Å²) in [5, 5.41) is 3.02. The zero-order valence-electron chi connectivity index (χ0n) is 14.5. The van der Waals surface area contributed by atoms with Crippen LogP contribution in [0.15, 0.2) is 0 Å². The van der Waals surface area contributed by atoms with Gasteiger partial charge in [-0.25, -0.2) is 0 Å². The fraction of sp³-hybridized carbons (Fsp3) is 0.938. The lowest BCUT2D eigenvalue weighted by molar-refractivity contribution is -0.131. The van der Waals surface area contributed by atoms with E-state index in [1.807, 2.05) is 0 Å². The standard InChI is InChI=1S/C16H33NO2Si/c1-10(2)16(14-9-15(18)17-14)19-20(11(3)4,12(5)6)13(7)8/h10-14,16H,9H2,1-8H3,(H,17,18)/t14-,16-/m0/s1. The maximum atomic E-state index is 11.2. The molecule has 2 atom stereocenters. The number of rotatable bonds is 7. The summed E-state index contributed by atoms with van der Waals surface area (Å²) in [7, 11) is -1.87. The van der Waals surface area contributed by atoms with Crippen LogP contribution in [-0.4, -0.2) is 26.4 Å². The molecular weight excluding hydrogens is 266 g/mol. The van der Waals surface area contributed by atoms with Crippen molar-refractivity contribution in [2.75, 3.05) is 0 Å². The number of nitrogens with one attached hydrogen (secondary N) is 1. The van der Waals surface area contributed by atoms with Crippen LogP contribution >= 0.6 is 0 Å². The van der Waals surface area contributed by atoms with Gasteiger partial charge in [-0.3, -0.25) is 4.79 Å². The maximum absolute atomic E-state index is 11.2. The Morgan fingerprint density at radius 2 is 1.40 bits per heavy atom. The summed E-state index contributed by atoms with van der Waals surface area (Å²) < 4.78 is 6.86. The Morgan fingerprint density at radius 3 is 1.65 bits per heavy atom. The van der Waals surface area contributed by atoms with Crippen molar-refractivity contribution < 1.29 is 9.22 Å². The van der Waals surface area contributed by atoms with Gasteiger partial charge in [0.15, 0.2) is 0 Å². The zero-order valence-corrected chi connectivity index (χ0v) is 15.5. The molecule has 20 heavy (non-hydrogen) atoms. The first-order chi connectivity index (χ1) is 9.12. The van der Waals surface area contributed by atoms with Crippen LogP contribution in [-0.2, 0) is 9.22 Å². The molecular formula is C16H33NO2Si. The van der Waals surface area contributed by atoms with Crippen molar-refractivity contribution in [3.8, 4) is 0 Å². The monoisotopic (exact) mass is 299 g/mol. The molecule has 0 spiro atoms. The highest BCUT2D eigenvalue weighted by atomic mass is 28.4. The number of carbonyl (C=O) groups excluding carboxylic acids is 1. The molecule has 4 heteroatoms. The molecule has 1 amide bonds. The summed E-state index contributed by atoms with van der Waals surface area (Å²) in [6.45, 7) is 18.3. The Labute approximate surface area is 126 Å². The molecule has 1 rings (SSSR count). The highest BCUT2D eigenvalue weighted by molar-refractivity contribution is 6.77. The van der Waals surface area contributed by atoms with E-state index in [1.165, 1.54) is 0 Å². The summed E-state index contributed by atoms with van der Waals surface area (Å²) in [4.78, 5) is 11.2. The van der Waals surface area contributed by atoms with E-state index in [2.05, 4.69) is 60.7 Å². The highest BCUT2D eigenvalue weighted by Crippen LogP contribution is 2.44. The molecule has 1 fully saturated rings.